The number of nitrogens with zero attached hydrogens (tertiary/aromatic N) is 2. The molecule has 0 saturated heterocycles. The topological polar surface area (TPSA) is 47.0 Å². The van der Waals surface area contributed by atoms with Crippen molar-refractivity contribution < 1.29 is 17.9 Å². The third-order valence-corrected chi connectivity index (χ3v) is 4.05. The fourth-order valence-electron chi connectivity index (χ4n) is 2.59. The molecular weight excluding hydrogens is 355 g/mol. The van der Waals surface area contributed by atoms with Crippen LogP contribution in [-0.2, 0) is 6.18 Å². The zero-order valence-electron chi connectivity index (χ0n) is 14.8. The lowest BCUT2D eigenvalue weighted by molar-refractivity contribution is -0.141. The minimum Gasteiger partial charge on any atom is -0.497 e. The molecule has 1 atom stereocenters. The molecule has 0 spiro atoms. The van der Waals surface area contributed by atoms with Crippen LogP contribution in [0.2, 0.25) is 0 Å². The highest BCUT2D eigenvalue weighted by molar-refractivity contribution is 5.62. The minimum atomic E-state index is -4.57. The Balaban J connectivity index is 1.97. The molecule has 0 aliphatic carbocycles. The summed E-state index contributed by atoms with van der Waals surface area (Å²) in [4.78, 5) is 7.93. The summed E-state index contributed by atoms with van der Waals surface area (Å²) in [7, 11) is 1.52. The van der Waals surface area contributed by atoms with Crippen LogP contribution in [0.15, 0.2) is 60.7 Å². The predicted molar refractivity (Wildman–Crippen MR) is 97.5 cm³/mol. The molecule has 0 radical (unpaired) electrons. The van der Waals surface area contributed by atoms with Gasteiger partial charge in [0.05, 0.1) is 18.8 Å². The first-order chi connectivity index (χ1) is 12.9. The van der Waals surface area contributed by atoms with Gasteiger partial charge in [-0.05, 0) is 42.8 Å². The van der Waals surface area contributed by atoms with Crippen molar-refractivity contribution in [2.45, 2.75) is 19.1 Å². The van der Waals surface area contributed by atoms with Crippen molar-refractivity contribution in [3.05, 3.63) is 71.9 Å². The first-order valence-electron chi connectivity index (χ1n) is 8.29. The van der Waals surface area contributed by atoms with E-state index >= 15 is 0 Å². The Hall–Kier alpha value is -3.09. The summed E-state index contributed by atoms with van der Waals surface area (Å²) >= 11 is 0. The van der Waals surface area contributed by atoms with Crippen LogP contribution in [0.1, 0.15) is 24.2 Å². The number of rotatable bonds is 5. The molecule has 0 bridgehead atoms. The van der Waals surface area contributed by atoms with Crippen molar-refractivity contribution in [3.8, 4) is 17.0 Å². The van der Waals surface area contributed by atoms with Gasteiger partial charge in [-0.1, -0.05) is 30.3 Å². The molecule has 1 heterocycles. The smallest absolute Gasteiger partial charge is 0.433 e. The fraction of sp³-hybridized carbons (Fsp3) is 0.200. The first kappa shape index (κ1) is 18.7. The molecule has 0 aliphatic rings. The van der Waals surface area contributed by atoms with Gasteiger partial charge in [0.2, 0.25) is 5.95 Å². The SMILES string of the molecule is COc1ccc(-c2cc(C(F)(F)F)nc(NC(C)c3ccccc3)n2)cc1. The minimum absolute atomic E-state index is 0.0769. The van der Waals surface area contributed by atoms with Gasteiger partial charge in [-0.15, -0.1) is 0 Å². The summed E-state index contributed by atoms with van der Waals surface area (Å²) in [6, 6.07) is 16.7. The Bertz CT molecular complexity index is 897. The first-order valence-corrected chi connectivity index (χ1v) is 8.29. The van der Waals surface area contributed by atoms with Gasteiger partial charge in [-0.3, -0.25) is 0 Å². The summed E-state index contributed by atoms with van der Waals surface area (Å²) in [6.07, 6.45) is -4.57. The maximum Gasteiger partial charge on any atom is 0.433 e. The molecule has 7 heteroatoms. The average Bonchev–Trinajstić information content (AvgIpc) is 2.68. The third kappa shape index (κ3) is 4.55. The summed E-state index contributed by atoms with van der Waals surface area (Å²) in [5, 5.41) is 2.96. The Morgan fingerprint density at radius 3 is 2.22 bits per heavy atom. The highest BCUT2D eigenvalue weighted by Crippen LogP contribution is 2.32. The number of methoxy groups -OCH3 is 1. The number of nitrogens with one attached hydrogen (secondary N) is 1. The molecule has 140 valence electrons. The normalized spacial score (nSPS) is 12.5. The van der Waals surface area contributed by atoms with Crippen molar-refractivity contribution in [2.75, 3.05) is 12.4 Å². The Labute approximate surface area is 155 Å². The van der Waals surface area contributed by atoms with Crippen LogP contribution < -0.4 is 10.1 Å². The Morgan fingerprint density at radius 1 is 0.963 bits per heavy atom. The van der Waals surface area contributed by atoms with Gasteiger partial charge >= 0.3 is 6.18 Å². The van der Waals surface area contributed by atoms with E-state index in [4.69, 9.17) is 4.74 Å². The molecule has 4 nitrogen and oxygen atoms in total. The predicted octanol–water partition coefficient (Wildman–Crippen LogP) is 5.34. The van der Waals surface area contributed by atoms with Crippen molar-refractivity contribution in [2.24, 2.45) is 0 Å². The van der Waals surface area contributed by atoms with Gasteiger partial charge in [-0.25, -0.2) is 9.97 Å². The van der Waals surface area contributed by atoms with Gasteiger partial charge in [0.25, 0.3) is 0 Å². The lowest BCUT2D eigenvalue weighted by atomic mass is 10.1. The van der Waals surface area contributed by atoms with Gasteiger partial charge in [0.15, 0.2) is 5.69 Å². The van der Waals surface area contributed by atoms with E-state index in [1.807, 2.05) is 37.3 Å². The quantitative estimate of drug-likeness (QED) is 0.655. The van der Waals surface area contributed by atoms with Crippen molar-refractivity contribution >= 4 is 5.95 Å². The van der Waals surface area contributed by atoms with Crippen LogP contribution >= 0.6 is 0 Å². The number of aromatic nitrogens is 2. The Morgan fingerprint density at radius 2 is 1.63 bits per heavy atom. The second-order valence-corrected chi connectivity index (χ2v) is 5.97. The molecular formula is C20H18F3N3O. The molecule has 0 amide bonds. The van der Waals surface area contributed by atoms with Crippen LogP contribution in [0.3, 0.4) is 0 Å². The fourth-order valence-corrected chi connectivity index (χ4v) is 2.59. The van der Waals surface area contributed by atoms with Crippen LogP contribution in [0.5, 0.6) is 5.75 Å². The number of benzene rings is 2. The monoisotopic (exact) mass is 373 g/mol. The second-order valence-electron chi connectivity index (χ2n) is 5.97. The average molecular weight is 373 g/mol. The largest absolute Gasteiger partial charge is 0.497 e. The van der Waals surface area contributed by atoms with Crippen molar-refractivity contribution in [1.29, 1.82) is 0 Å². The number of alkyl halides is 3. The molecule has 1 N–H and O–H groups in total. The molecule has 3 rings (SSSR count). The second kappa shape index (κ2) is 7.65. The Kier molecular flexibility index (Phi) is 5.30. The summed E-state index contributed by atoms with van der Waals surface area (Å²) in [5.74, 6) is 0.534. The van der Waals surface area contributed by atoms with E-state index in [9.17, 15) is 13.2 Å². The summed E-state index contributed by atoms with van der Waals surface area (Å²) in [5.41, 5.74) is 0.650. The van der Waals surface area contributed by atoms with Crippen LogP contribution in [0.25, 0.3) is 11.3 Å². The van der Waals surface area contributed by atoms with E-state index in [-0.39, 0.29) is 17.7 Å². The molecule has 0 aliphatic heterocycles. The highest BCUT2D eigenvalue weighted by atomic mass is 19.4. The molecule has 1 aromatic heterocycles. The van der Waals surface area contributed by atoms with E-state index in [1.54, 1.807) is 24.3 Å². The van der Waals surface area contributed by atoms with E-state index in [2.05, 4.69) is 15.3 Å². The van der Waals surface area contributed by atoms with Crippen LogP contribution in [0.4, 0.5) is 19.1 Å². The van der Waals surface area contributed by atoms with E-state index < -0.39 is 11.9 Å². The lowest BCUT2D eigenvalue weighted by Crippen LogP contribution is -2.14. The van der Waals surface area contributed by atoms with Crippen molar-refractivity contribution in [3.63, 3.8) is 0 Å². The zero-order valence-corrected chi connectivity index (χ0v) is 14.8. The van der Waals surface area contributed by atoms with E-state index in [0.29, 0.717) is 11.3 Å². The van der Waals surface area contributed by atoms with Gasteiger partial charge in [0, 0.05) is 5.56 Å². The number of halogens is 3. The maximum absolute atomic E-state index is 13.3. The van der Waals surface area contributed by atoms with E-state index in [0.717, 1.165) is 11.6 Å². The third-order valence-electron chi connectivity index (χ3n) is 4.05. The molecule has 0 saturated carbocycles. The standard InChI is InChI=1S/C20H18F3N3O/c1-13(14-6-4-3-5-7-14)24-19-25-17(12-18(26-19)20(21,22)23)15-8-10-16(27-2)11-9-15/h3-13H,1-2H3,(H,24,25,26). The number of hydrogen-bond acceptors (Lipinski definition) is 4. The lowest BCUT2D eigenvalue weighted by Gasteiger charge is -2.16. The van der Waals surface area contributed by atoms with Gasteiger partial charge < -0.3 is 10.1 Å². The van der Waals surface area contributed by atoms with E-state index in [1.165, 1.54) is 7.11 Å². The molecule has 2 aromatic carbocycles. The number of anilines is 1. The maximum atomic E-state index is 13.3. The van der Waals surface area contributed by atoms with Crippen LogP contribution in [-0.4, -0.2) is 17.1 Å². The van der Waals surface area contributed by atoms with Gasteiger partial charge in [-0.2, -0.15) is 13.2 Å². The molecule has 3 aromatic rings. The number of hydrogen-bond donors (Lipinski definition) is 1. The number of ether oxygens (including phenoxy) is 1. The van der Waals surface area contributed by atoms with Crippen molar-refractivity contribution in [1.82, 2.24) is 9.97 Å². The van der Waals surface area contributed by atoms with Crippen LogP contribution in [0, 0.1) is 0 Å². The molecule has 1 unspecified atom stereocenters. The van der Waals surface area contributed by atoms with Gasteiger partial charge in [0.1, 0.15) is 5.75 Å². The molecule has 0 fully saturated rings. The summed E-state index contributed by atoms with van der Waals surface area (Å²) < 4.78 is 45.0. The summed E-state index contributed by atoms with van der Waals surface area (Å²) in [6.45, 7) is 1.84. The highest BCUT2D eigenvalue weighted by Gasteiger charge is 2.34. The zero-order chi connectivity index (χ0) is 19.4. The molecule has 27 heavy (non-hydrogen) atoms.